The molecule has 2 atom stereocenters. The fraction of sp³-hybridized carbons (Fsp3) is 0.440. The van der Waals surface area contributed by atoms with E-state index in [9.17, 15) is 4.79 Å². The van der Waals surface area contributed by atoms with Crippen LogP contribution in [0.4, 0.5) is 0 Å². The van der Waals surface area contributed by atoms with E-state index in [1.807, 2.05) is 30.3 Å². The Morgan fingerprint density at radius 3 is 2.88 bits per heavy atom. The Kier molecular flexibility index (Phi) is 7.20. The number of carbonyl (C=O) groups excluding carboxylic acids is 1. The summed E-state index contributed by atoms with van der Waals surface area (Å²) in [6, 6.07) is 14.3. The van der Waals surface area contributed by atoms with Gasteiger partial charge in [-0.15, -0.1) is 12.4 Å². The van der Waals surface area contributed by atoms with Crippen molar-refractivity contribution in [2.45, 2.75) is 25.2 Å². The Hall–Kier alpha value is -2.63. The minimum absolute atomic E-state index is 0. The van der Waals surface area contributed by atoms with Gasteiger partial charge in [-0.05, 0) is 41.8 Å². The number of carbonyl (C=O) groups is 1. The van der Waals surface area contributed by atoms with Crippen LogP contribution in [-0.2, 0) is 22.5 Å². The third-order valence-corrected chi connectivity index (χ3v) is 6.76. The van der Waals surface area contributed by atoms with Crippen LogP contribution in [0.1, 0.15) is 38.7 Å². The molecule has 0 unspecified atom stereocenters. The number of hydrogen-bond acceptors (Lipinski definition) is 7. The molecule has 3 heterocycles. The van der Waals surface area contributed by atoms with Gasteiger partial charge in [0.05, 0.1) is 30.9 Å². The number of piperazine rings is 1. The molecule has 3 aliphatic heterocycles. The van der Waals surface area contributed by atoms with Gasteiger partial charge in [-0.1, -0.05) is 12.1 Å². The third-order valence-electron chi connectivity index (χ3n) is 6.76. The highest BCUT2D eigenvalue weighted by atomic mass is 35.5. The molecule has 3 aliphatic rings. The van der Waals surface area contributed by atoms with Crippen LogP contribution in [0.25, 0.3) is 0 Å². The maximum atomic E-state index is 11.7. The predicted molar refractivity (Wildman–Crippen MR) is 125 cm³/mol. The van der Waals surface area contributed by atoms with E-state index in [2.05, 4.69) is 21.9 Å². The standard InChI is InChI=1S/C25H27N3O4.ClH/c1-30-23-10-17(2-3-19(23)12-26)6-7-27-8-9-28-14-24(31-16-21(28)13-27)18-4-5-22-20(11-18)15-32-25(22)29;/h2-5,10-11,21,24H,6-9,13-16H2,1H3;1H/t21-,24-;/m0./s1. The van der Waals surface area contributed by atoms with Crippen LogP contribution in [0.15, 0.2) is 36.4 Å². The van der Waals surface area contributed by atoms with E-state index < -0.39 is 0 Å². The van der Waals surface area contributed by atoms with Crippen LogP contribution in [0, 0.1) is 11.3 Å². The second-order valence-corrected chi connectivity index (χ2v) is 8.66. The van der Waals surface area contributed by atoms with Gasteiger partial charge in [0.1, 0.15) is 18.4 Å². The van der Waals surface area contributed by atoms with E-state index in [1.165, 1.54) is 5.56 Å². The Morgan fingerprint density at radius 1 is 1.18 bits per heavy atom. The number of nitriles is 1. The van der Waals surface area contributed by atoms with Crippen molar-refractivity contribution in [1.82, 2.24) is 9.80 Å². The first-order valence-electron chi connectivity index (χ1n) is 11.1. The van der Waals surface area contributed by atoms with E-state index in [1.54, 1.807) is 7.11 Å². The SMILES string of the molecule is COc1cc(CCN2CCN3C[C@@H](c4ccc5c(c4)COC5=O)OC[C@@H]3C2)ccc1C#N.Cl. The molecule has 0 N–H and O–H groups in total. The lowest BCUT2D eigenvalue weighted by Crippen LogP contribution is -2.58. The normalized spacial score (nSPS) is 22.5. The van der Waals surface area contributed by atoms with Crippen molar-refractivity contribution in [2.24, 2.45) is 0 Å². The summed E-state index contributed by atoms with van der Waals surface area (Å²) in [5.41, 5.74) is 4.51. The van der Waals surface area contributed by atoms with Crippen LogP contribution >= 0.6 is 12.4 Å². The number of ether oxygens (including phenoxy) is 3. The second kappa shape index (κ2) is 10.1. The average Bonchev–Trinajstić information content (AvgIpc) is 3.22. The summed E-state index contributed by atoms with van der Waals surface area (Å²) in [6.07, 6.45) is 0.957. The van der Waals surface area contributed by atoms with Gasteiger partial charge in [0.25, 0.3) is 0 Å². The predicted octanol–water partition coefficient (Wildman–Crippen LogP) is 2.96. The highest BCUT2D eigenvalue weighted by molar-refractivity contribution is 5.93. The Labute approximate surface area is 200 Å². The molecule has 2 aromatic carbocycles. The molecule has 0 saturated carbocycles. The fourth-order valence-electron chi connectivity index (χ4n) is 4.88. The van der Waals surface area contributed by atoms with Crippen LogP contribution in [0.3, 0.4) is 0 Å². The van der Waals surface area contributed by atoms with Gasteiger partial charge in [-0.25, -0.2) is 4.79 Å². The highest BCUT2D eigenvalue weighted by Crippen LogP contribution is 2.30. The maximum Gasteiger partial charge on any atom is 0.338 e. The van der Waals surface area contributed by atoms with Crippen molar-refractivity contribution < 1.29 is 19.0 Å². The molecule has 5 rings (SSSR count). The van der Waals surface area contributed by atoms with E-state index in [0.717, 1.165) is 50.3 Å². The summed E-state index contributed by atoms with van der Waals surface area (Å²) >= 11 is 0. The summed E-state index contributed by atoms with van der Waals surface area (Å²) in [6.45, 7) is 5.96. The third kappa shape index (κ3) is 4.85. The second-order valence-electron chi connectivity index (χ2n) is 8.66. The van der Waals surface area contributed by atoms with E-state index in [-0.39, 0.29) is 24.5 Å². The zero-order chi connectivity index (χ0) is 22.1. The fourth-order valence-corrected chi connectivity index (χ4v) is 4.88. The molecule has 0 amide bonds. The van der Waals surface area contributed by atoms with Gasteiger partial charge in [-0.2, -0.15) is 5.26 Å². The zero-order valence-corrected chi connectivity index (χ0v) is 19.5. The molecular formula is C25H28ClN3O4. The number of fused-ring (bicyclic) bond motifs is 2. The molecule has 0 radical (unpaired) electrons. The summed E-state index contributed by atoms with van der Waals surface area (Å²) in [5, 5.41) is 9.15. The zero-order valence-electron chi connectivity index (χ0n) is 18.7. The number of esters is 1. The summed E-state index contributed by atoms with van der Waals surface area (Å²) in [4.78, 5) is 16.7. The van der Waals surface area contributed by atoms with Crippen molar-refractivity contribution in [3.8, 4) is 11.8 Å². The molecule has 7 nitrogen and oxygen atoms in total. The lowest BCUT2D eigenvalue weighted by molar-refractivity contribution is -0.0901. The Balaban J connectivity index is 0.00000259. The molecule has 0 aromatic heterocycles. The minimum Gasteiger partial charge on any atom is -0.495 e. The lowest BCUT2D eigenvalue weighted by Gasteiger charge is -2.46. The van der Waals surface area contributed by atoms with Gasteiger partial charge in [0, 0.05) is 44.3 Å². The first-order valence-corrected chi connectivity index (χ1v) is 11.1. The number of rotatable bonds is 5. The molecule has 2 aromatic rings. The first kappa shape index (κ1) is 23.5. The largest absolute Gasteiger partial charge is 0.495 e. The lowest BCUT2D eigenvalue weighted by atomic mass is 9.99. The number of morpholine rings is 1. The number of hydrogen-bond donors (Lipinski definition) is 0. The molecule has 0 spiro atoms. The summed E-state index contributed by atoms with van der Waals surface area (Å²) in [7, 11) is 1.60. The monoisotopic (exact) mass is 469 g/mol. The number of benzene rings is 2. The van der Waals surface area contributed by atoms with E-state index in [4.69, 9.17) is 19.5 Å². The van der Waals surface area contributed by atoms with Gasteiger partial charge in [-0.3, -0.25) is 4.90 Å². The smallest absolute Gasteiger partial charge is 0.338 e. The molecule has 2 fully saturated rings. The molecule has 2 saturated heterocycles. The summed E-state index contributed by atoms with van der Waals surface area (Å²) in [5.74, 6) is 0.413. The van der Waals surface area contributed by atoms with E-state index in [0.29, 0.717) is 36.1 Å². The van der Waals surface area contributed by atoms with Crippen molar-refractivity contribution in [3.05, 3.63) is 64.2 Å². The Bertz CT molecular complexity index is 1070. The van der Waals surface area contributed by atoms with Crippen LogP contribution in [0.5, 0.6) is 5.75 Å². The maximum absolute atomic E-state index is 11.7. The van der Waals surface area contributed by atoms with Crippen LogP contribution in [0.2, 0.25) is 0 Å². The molecule has 8 heteroatoms. The number of halogens is 1. The molecular weight excluding hydrogens is 442 g/mol. The molecule has 0 aliphatic carbocycles. The Morgan fingerprint density at radius 2 is 2.06 bits per heavy atom. The molecule has 0 bridgehead atoms. The molecule has 174 valence electrons. The van der Waals surface area contributed by atoms with Crippen molar-refractivity contribution in [2.75, 3.05) is 46.4 Å². The number of cyclic esters (lactones) is 1. The van der Waals surface area contributed by atoms with Crippen molar-refractivity contribution >= 4 is 18.4 Å². The van der Waals surface area contributed by atoms with Crippen LogP contribution in [-0.4, -0.2) is 68.3 Å². The van der Waals surface area contributed by atoms with Gasteiger partial charge in [0.2, 0.25) is 0 Å². The quantitative estimate of drug-likeness (QED) is 0.623. The average molecular weight is 470 g/mol. The van der Waals surface area contributed by atoms with Crippen molar-refractivity contribution in [1.29, 1.82) is 5.26 Å². The van der Waals surface area contributed by atoms with Crippen LogP contribution < -0.4 is 4.74 Å². The topological polar surface area (TPSA) is 75.0 Å². The van der Waals surface area contributed by atoms with Gasteiger partial charge in [0.15, 0.2) is 0 Å². The number of methoxy groups -OCH3 is 1. The summed E-state index contributed by atoms with van der Waals surface area (Å²) < 4.78 is 16.7. The molecule has 33 heavy (non-hydrogen) atoms. The minimum atomic E-state index is -0.230. The van der Waals surface area contributed by atoms with Gasteiger partial charge < -0.3 is 19.1 Å². The van der Waals surface area contributed by atoms with E-state index >= 15 is 0 Å². The first-order chi connectivity index (χ1) is 15.6. The number of nitrogens with zero attached hydrogens (tertiary/aromatic N) is 3. The van der Waals surface area contributed by atoms with Crippen molar-refractivity contribution in [3.63, 3.8) is 0 Å². The van der Waals surface area contributed by atoms with Gasteiger partial charge >= 0.3 is 5.97 Å². The highest BCUT2D eigenvalue weighted by Gasteiger charge is 2.34.